The lowest BCUT2D eigenvalue weighted by Crippen LogP contribution is -1.87. The maximum Gasteiger partial charge on any atom is 0.000442 e. The first-order valence-corrected chi connectivity index (χ1v) is 5.65. The van der Waals surface area contributed by atoms with Crippen molar-refractivity contribution in [1.29, 1.82) is 0 Å². The van der Waals surface area contributed by atoms with Crippen LogP contribution in [0.1, 0.15) is 0 Å². The summed E-state index contributed by atoms with van der Waals surface area (Å²) in [5.74, 6) is 0. The van der Waals surface area contributed by atoms with Gasteiger partial charge in [0, 0.05) is 12.4 Å². The van der Waals surface area contributed by atoms with Crippen LogP contribution in [0.5, 0.6) is 0 Å². The van der Waals surface area contributed by atoms with Gasteiger partial charge in [-0.3, -0.25) is 0 Å². The average molecular weight is 221 g/mol. The number of hydrogen-bond acceptors (Lipinski definition) is 1. The molecule has 1 heterocycles. The first-order chi connectivity index (χ1) is 8.47. The Morgan fingerprint density at radius 1 is 0.529 bits per heavy atom. The molecule has 0 amide bonds. The summed E-state index contributed by atoms with van der Waals surface area (Å²) >= 11 is 0. The molecule has 1 aliphatic heterocycles. The van der Waals surface area contributed by atoms with Gasteiger partial charge in [-0.1, -0.05) is 60.7 Å². The van der Waals surface area contributed by atoms with E-state index in [-0.39, 0.29) is 0 Å². The van der Waals surface area contributed by atoms with Crippen molar-refractivity contribution in [2.45, 2.75) is 0 Å². The number of fused-ring (bicyclic) bond motifs is 1. The summed E-state index contributed by atoms with van der Waals surface area (Å²) in [5.41, 5.74) is 2.62. The summed E-state index contributed by atoms with van der Waals surface area (Å²) < 4.78 is 0. The van der Waals surface area contributed by atoms with Gasteiger partial charge in [-0.25, -0.2) is 0 Å². The Kier molecular flexibility index (Phi) is 4.18. The fourth-order valence-corrected chi connectivity index (χ4v) is 1.54. The van der Waals surface area contributed by atoms with Crippen LogP contribution in [0, 0.1) is 0 Å². The highest BCUT2D eigenvalue weighted by Gasteiger charge is 1.94. The Morgan fingerprint density at radius 2 is 1.06 bits per heavy atom. The van der Waals surface area contributed by atoms with Crippen molar-refractivity contribution in [2.24, 2.45) is 0 Å². The zero-order chi connectivity index (χ0) is 11.8. The molecule has 0 unspecified atom stereocenters. The van der Waals surface area contributed by atoms with E-state index in [2.05, 4.69) is 47.8 Å². The van der Waals surface area contributed by atoms with Crippen molar-refractivity contribution in [3.63, 3.8) is 0 Å². The maximum absolute atomic E-state index is 2.92. The standard InChI is InChI=1S/C10H8.C6H7N/c1-2-5-9-7-4-8-10(9)6-3-1;1-2-4-6-7-5-3-1/h1-8H;1-7H. The van der Waals surface area contributed by atoms with Crippen LogP contribution in [0.4, 0.5) is 0 Å². The molecule has 3 aliphatic rings. The average Bonchev–Trinajstić information content (AvgIpc) is 2.63. The van der Waals surface area contributed by atoms with Crippen molar-refractivity contribution in [2.75, 3.05) is 0 Å². The summed E-state index contributed by atoms with van der Waals surface area (Å²) in [4.78, 5) is 0. The Morgan fingerprint density at radius 3 is 1.65 bits per heavy atom. The van der Waals surface area contributed by atoms with E-state index in [4.69, 9.17) is 0 Å². The van der Waals surface area contributed by atoms with E-state index in [1.807, 2.05) is 42.8 Å². The molecular formula is C16H15N. The largest absolute Gasteiger partial charge is 0.368 e. The molecule has 0 bridgehead atoms. The smallest absolute Gasteiger partial charge is 0.000442 e. The second kappa shape index (κ2) is 6.33. The summed E-state index contributed by atoms with van der Waals surface area (Å²) in [7, 11) is 0. The highest BCUT2D eigenvalue weighted by Crippen LogP contribution is 2.19. The Labute approximate surface area is 102 Å². The molecule has 0 saturated carbocycles. The Balaban J connectivity index is 0.000000136. The molecule has 3 rings (SSSR count). The first kappa shape index (κ1) is 11.2. The predicted octanol–water partition coefficient (Wildman–Crippen LogP) is 3.96. The van der Waals surface area contributed by atoms with Gasteiger partial charge in [0.05, 0.1) is 0 Å². The number of hydrogen-bond donors (Lipinski definition) is 1. The molecular weight excluding hydrogens is 206 g/mol. The molecule has 0 aromatic heterocycles. The fraction of sp³-hybridized carbons (Fsp3) is 0. The molecule has 1 N–H and O–H groups in total. The molecule has 0 radical (unpaired) electrons. The Bertz CT molecular complexity index is 467. The molecule has 0 aromatic rings. The van der Waals surface area contributed by atoms with Crippen LogP contribution < -0.4 is 5.32 Å². The third-order valence-corrected chi connectivity index (χ3v) is 2.38. The Hall–Kier alpha value is -2.28. The van der Waals surface area contributed by atoms with Gasteiger partial charge in [-0.2, -0.15) is 0 Å². The molecule has 0 saturated heterocycles. The zero-order valence-corrected chi connectivity index (χ0v) is 9.58. The second-order valence-corrected chi connectivity index (χ2v) is 3.62. The lowest BCUT2D eigenvalue weighted by molar-refractivity contribution is 1.20. The lowest BCUT2D eigenvalue weighted by Gasteiger charge is -1.85. The van der Waals surface area contributed by atoms with Gasteiger partial charge in [0.15, 0.2) is 0 Å². The summed E-state index contributed by atoms with van der Waals surface area (Å²) in [6.07, 6.45) is 11.6. The topological polar surface area (TPSA) is 12.0 Å². The summed E-state index contributed by atoms with van der Waals surface area (Å²) in [5, 5.41) is 2.92. The van der Waals surface area contributed by atoms with Gasteiger partial charge >= 0.3 is 0 Å². The van der Waals surface area contributed by atoms with Crippen LogP contribution in [-0.2, 0) is 0 Å². The van der Waals surface area contributed by atoms with E-state index in [1.54, 1.807) is 0 Å². The van der Waals surface area contributed by atoms with E-state index in [0.717, 1.165) is 0 Å². The van der Waals surface area contributed by atoms with Gasteiger partial charge in [-0.15, -0.1) is 0 Å². The number of allylic oxidation sites excluding steroid dienone is 4. The molecule has 1 nitrogen and oxygen atoms in total. The van der Waals surface area contributed by atoms with Crippen molar-refractivity contribution in [1.82, 2.24) is 5.32 Å². The zero-order valence-electron chi connectivity index (χ0n) is 9.58. The predicted molar refractivity (Wildman–Crippen MR) is 73.6 cm³/mol. The molecule has 17 heavy (non-hydrogen) atoms. The van der Waals surface area contributed by atoms with Gasteiger partial charge in [0.2, 0.25) is 0 Å². The van der Waals surface area contributed by atoms with Gasteiger partial charge < -0.3 is 5.32 Å². The fourth-order valence-electron chi connectivity index (χ4n) is 1.54. The lowest BCUT2D eigenvalue weighted by atomic mass is 10.2. The van der Waals surface area contributed by atoms with Crippen LogP contribution in [-0.4, -0.2) is 0 Å². The third kappa shape index (κ3) is 3.65. The van der Waals surface area contributed by atoms with Crippen molar-refractivity contribution in [3.05, 3.63) is 85.2 Å². The van der Waals surface area contributed by atoms with E-state index < -0.39 is 0 Å². The minimum atomic E-state index is 1.31. The minimum Gasteiger partial charge on any atom is -0.368 e. The first-order valence-electron chi connectivity index (χ1n) is 5.65. The highest BCUT2D eigenvalue weighted by atomic mass is 14.8. The summed E-state index contributed by atoms with van der Waals surface area (Å²) in [6.45, 7) is 0. The molecule has 0 aromatic carbocycles. The van der Waals surface area contributed by atoms with Crippen molar-refractivity contribution < 1.29 is 0 Å². The maximum atomic E-state index is 2.92. The molecule has 2 aliphatic carbocycles. The number of rotatable bonds is 0. The minimum absolute atomic E-state index is 1.31. The normalized spacial score (nSPS) is 12.5. The van der Waals surface area contributed by atoms with Crippen LogP contribution in [0.25, 0.3) is 11.1 Å². The van der Waals surface area contributed by atoms with Crippen molar-refractivity contribution >= 4 is 0 Å². The van der Waals surface area contributed by atoms with E-state index in [0.29, 0.717) is 0 Å². The van der Waals surface area contributed by atoms with Gasteiger partial charge in [0.1, 0.15) is 0 Å². The molecule has 0 atom stereocenters. The van der Waals surface area contributed by atoms with Crippen LogP contribution in [0.3, 0.4) is 0 Å². The SMILES string of the molecule is C1=CC=CNC=C1.c1ccc2cccc-2cc1. The monoisotopic (exact) mass is 221 g/mol. The quantitative estimate of drug-likeness (QED) is 0.710. The van der Waals surface area contributed by atoms with Gasteiger partial charge in [-0.05, 0) is 23.3 Å². The second-order valence-electron chi connectivity index (χ2n) is 3.62. The third-order valence-electron chi connectivity index (χ3n) is 2.38. The molecule has 1 heteroatoms. The molecule has 0 fully saturated rings. The van der Waals surface area contributed by atoms with E-state index in [1.165, 1.54) is 11.1 Å². The summed E-state index contributed by atoms with van der Waals surface area (Å²) in [6, 6.07) is 16.7. The molecule has 0 spiro atoms. The molecule has 84 valence electrons. The van der Waals surface area contributed by atoms with E-state index in [9.17, 15) is 0 Å². The van der Waals surface area contributed by atoms with E-state index >= 15 is 0 Å². The van der Waals surface area contributed by atoms with Gasteiger partial charge in [0.25, 0.3) is 0 Å². The van der Waals surface area contributed by atoms with Crippen molar-refractivity contribution in [3.8, 4) is 11.1 Å². The highest BCUT2D eigenvalue weighted by molar-refractivity contribution is 5.65. The van der Waals surface area contributed by atoms with Crippen LogP contribution >= 0.6 is 0 Å². The number of nitrogens with one attached hydrogen (secondary N) is 1. The van der Waals surface area contributed by atoms with Crippen LogP contribution in [0.2, 0.25) is 0 Å². The van der Waals surface area contributed by atoms with Crippen LogP contribution in [0.15, 0.2) is 85.2 Å².